The molecule has 0 saturated heterocycles. The fourth-order valence-electron chi connectivity index (χ4n) is 1.87. The van der Waals surface area contributed by atoms with Gasteiger partial charge in [-0.25, -0.2) is 19.5 Å². The third-order valence-corrected chi connectivity index (χ3v) is 4.17. The Morgan fingerprint density at radius 2 is 1.73 bits per heavy atom. The number of aromatic nitrogens is 1. The maximum absolute atomic E-state index is 12.5. The minimum Gasteiger partial charge on any atom is -0.477 e. The van der Waals surface area contributed by atoms with Gasteiger partial charge in [-0.1, -0.05) is 29.0 Å². The molecule has 2 rings (SSSR count). The summed E-state index contributed by atoms with van der Waals surface area (Å²) in [6.07, 6.45) is 0. The van der Waals surface area contributed by atoms with Gasteiger partial charge in [-0.15, -0.1) is 0 Å². The van der Waals surface area contributed by atoms with E-state index in [0.717, 1.165) is 16.9 Å². The van der Waals surface area contributed by atoms with E-state index in [1.54, 1.807) is 21.0 Å². The highest BCUT2D eigenvalue weighted by Crippen LogP contribution is 2.32. The van der Waals surface area contributed by atoms with Crippen molar-refractivity contribution in [3.8, 4) is 0 Å². The van der Waals surface area contributed by atoms with Gasteiger partial charge in [-0.3, -0.25) is 0 Å². The van der Waals surface area contributed by atoms with Gasteiger partial charge in [0, 0.05) is 14.1 Å². The minimum absolute atomic E-state index is 0.138. The van der Waals surface area contributed by atoms with Crippen LogP contribution in [0.25, 0.3) is 0 Å². The molecule has 0 fully saturated rings. The molecule has 1 heterocycles. The molecular formula is C15H17N3O3S. The smallest absolute Gasteiger partial charge is 0.347 e. The molecule has 2 aromatic rings. The second-order valence-corrected chi connectivity index (χ2v) is 6.04. The molecule has 0 aliphatic heterocycles. The van der Waals surface area contributed by atoms with Crippen molar-refractivity contribution in [3.05, 3.63) is 40.4 Å². The number of anilines is 2. The summed E-state index contributed by atoms with van der Waals surface area (Å²) < 4.78 is 0. The molecule has 22 heavy (non-hydrogen) atoms. The summed E-state index contributed by atoms with van der Waals surface area (Å²) in [6.45, 7) is 3.58. The molecule has 0 unspecified atom stereocenters. The Morgan fingerprint density at radius 1 is 1.14 bits per heavy atom. The van der Waals surface area contributed by atoms with Gasteiger partial charge in [0.05, 0.1) is 11.4 Å². The third kappa shape index (κ3) is 3.09. The van der Waals surface area contributed by atoms with Gasteiger partial charge in [0.15, 0.2) is 5.13 Å². The maximum Gasteiger partial charge on any atom is 0.347 e. The lowest BCUT2D eigenvalue weighted by atomic mass is 10.2. The average molecular weight is 319 g/mol. The summed E-state index contributed by atoms with van der Waals surface area (Å²) in [5.41, 5.74) is 2.12. The molecule has 2 amide bonds. The summed E-state index contributed by atoms with van der Waals surface area (Å²) in [5.74, 6) is -1.04. The number of hydrogen-bond donors (Lipinski definition) is 1. The van der Waals surface area contributed by atoms with Gasteiger partial charge >= 0.3 is 12.0 Å². The lowest BCUT2D eigenvalue weighted by molar-refractivity contribution is 0.0701. The lowest BCUT2D eigenvalue weighted by Crippen LogP contribution is -2.35. The quantitative estimate of drug-likeness (QED) is 0.942. The molecule has 0 aliphatic carbocycles. The van der Waals surface area contributed by atoms with Gasteiger partial charge in [0.2, 0.25) is 0 Å². The zero-order chi connectivity index (χ0) is 16.4. The van der Waals surface area contributed by atoms with E-state index in [4.69, 9.17) is 0 Å². The number of carboxylic acid groups (broad SMARTS) is 1. The third-order valence-electron chi connectivity index (χ3n) is 3.04. The fourth-order valence-corrected chi connectivity index (χ4v) is 2.79. The Labute approximate surface area is 132 Å². The molecule has 1 aromatic heterocycles. The number of rotatable bonds is 3. The monoisotopic (exact) mass is 319 g/mol. The number of thiazole rings is 1. The van der Waals surface area contributed by atoms with Gasteiger partial charge < -0.3 is 10.0 Å². The summed E-state index contributed by atoms with van der Waals surface area (Å²) >= 11 is 0.988. The lowest BCUT2D eigenvalue weighted by Gasteiger charge is -2.23. The highest BCUT2D eigenvalue weighted by atomic mass is 32.1. The van der Waals surface area contributed by atoms with E-state index in [9.17, 15) is 14.7 Å². The van der Waals surface area contributed by atoms with Gasteiger partial charge in [0.25, 0.3) is 0 Å². The van der Waals surface area contributed by atoms with Crippen LogP contribution in [-0.2, 0) is 0 Å². The second-order valence-electron chi connectivity index (χ2n) is 5.06. The molecule has 7 heteroatoms. The van der Waals surface area contributed by atoms with Crippen molar-refractivity contribution in [3.63, 3.8) is 0 Å². The number of carboxylic acids is 1. The molecule has 1 aromatic carbocycles. The Balaban J connectivity index is 2.54. The first-order chi connectivity index (χ1) is 10.3. The Morgan fingerprint density at radius 3 is 2.18 bits per heavy atom. The van der Waals surface area contributed by atoms with Crippen LogP contribution >= 0.6 is 11.3 Å². The summed E-state index contributed by atoms with van der Waals surface area (Å²) in [4.78, 5) is 30.9. The van der Waals surface area contributed by atoms with Crippen molar-refractivity contribution in [2.45, 2.75) is 13.8 Å². The Bertz CT molecular complexity index is 707. The zero-order valence-electron chi connectivity index (χ0n) is 12.8. The number of nitrogens with zero attached hydrogens (tertiary/aromatic N) is 3. The van der Waals surface area contributed by atoms with Crippen LogP contribution in [0.1, 0.15) is 20.9 Å². The topological polar surface area (TPSA) is 73.7 Å². The predicted octanol–water partition coefficient (Wildman–Crippen LogP) is 3.28. The number of amides is 2. The first-order valence-electron chi connectivity index (χ1n) is 6.60. The number of aryl methyl sites for hydroxylation is 2. The number of carbonyl (C=O) groups is 2. The van der Waals surface area contributed by atoms with E-state index >= 15 is 0 Å². The van der Waals surface area contributed by atoms with Gasteiger partial charge in [-0.05, 0) is 26.0 Å². The number of urea groups is 1. The molecular weight excluding hydrogens is 302 g/mol. The second kappa shape index (κ2) is 6.15. The van der Waals surface area contributed by atoms with E-state index < -0.39 is 5.97 Å². The molecule has 6 nitrogen and oxygen atoms in total. The SMILES string of the molecule is Cc1ccc(N(C(=O)N(C)C)c2nc(C)c(C(=O)O)s2)cc1. The summed E-state index contributed by atoms with van der Waals surface area (Å²) in [7, 11) is 3.28. The van der Waals surface area contributed by atoms with Gasteiger partial charge in [-0.2, -0.15) is 0 Å². The van der Waals surface area contributed by atoms with Crippen LogP contribution < -0.4 is 4.90 Å². The van der Waals surface area contributed by atoms with Crippen LogP contribution in [0.5, 0.6) is 0 Å². The van der Waals surface area contributed by atoms with Crippen molar-refractivity contribution >= 4 is 34.2 Å². The predicted molar refractivity (Wildman–Crippen MR) is 86.2 cm³/mol. The standard InChI is InChI=1S/C15H17N3O3S/c1-9-5-7-11(8-6-9)18(15(21)17(3)4)14-16-10(2)12(22-14)13(19)20/h5-8H,1-4H3,(H,19,20). The summed E-state index contributed by atoms with van der Waals surface area (Å²) in [5, 5.41) is 9.52. The van der Waals surface area contributed by atoms with Crippen LogP contribution in [0.4, 0.5) is 15.6 Å². The van der Waals surface area contributed by atoms with Gasteiger partial charge in [0.1, 0.15) is 4.88 Å². The normalized spacial score (nSPS) is 10.4. The molecule has 1 N–H and O–H groups in total. The van der Waals surface area contributed by atoms with Crippen LogP contribution in [-0.4, -0.2) is 41.1 Å². The Kier molecular flexibility index (Phi) is 4.46. The van der Waals surface area contributed by atoms with E-state index in [0.29, 0.717) is 16.5 Å². The van der Waals surface area contributed by atoms with Crippen molar-refractivity contribution < 1.29 is 14.7 Å². The van der Waals surface area contributed by atoms with E-state index in [1.165, 1.54) is 9.80 Å². The molecule has 0 radical (unpaired) electrons. The fraction of sp³-hybridized carbons (Fsp3) is 0.267. The van der Waals surface area contributed by atoms with E-state index in [2.05, 4.69) is 4.98 Å². The molecule has 0 aliphatic rings. The van der Waals surface area contributed by atoms with Crippen LogP contribution in [0, 0.1) is 13.8 Å². The van der Waals surface area contributed by atoms with Crippen molar-refractivity contribution in [2.24, 2.45) is 0 Å². The van der Waals surface area contributed by atoms with Crippen molar-refractivity contribution in [1.82, 2.24) is 9.88 Å². The van der Waals surface area contributed by atoms with Crippen LogP contribution in [0.2, 0.25) is 0 Å². The average Bonchev–Trinajstić information content (AvgIpc) is 2.83. The Hall–Kier alpha value is -2.41. The molecule has 0 saturated carbocycles. The molecule has 0 atom stereocenters. The van der Waals surface area contributed by atoms with Crippen molar-refractivity contribution in [2.75, 3.05) is 19.0 Å². The molecule has 0 spiro atoms. The van der Waals surface area contributed by atoms with Crippen LogP contribution in [0.15, 0.2) is 24.3 Å². The highest BCUT2D eigenvalue weighted by molar-refractivity contribution is 7.17. The summed E-state index contributed by atoms with van der Waals surface area (Å²) in [6, 6.07) is 7.13. The number of hydrogen-bond acceptors (Lipinski definition) is 4. The minimum atomic E-state index is -1.04. The first-order valence-corrected chi connectivity index (χ1v) is 7.41. The molecule has 0 bridgehead atoms. The number of carbonyl (C=O) groups excluding carboxylic acids is 1. The number of benzene rings is 1. The van der Waals surface area contributed by atoms with E-state index in [1.807, 2.05) is 31.2 Å². The van der Waals surface area contributed by atoms with E-state index in [-0.39, 0.29) is 10.9 Å². The highest BCUT2D eigenvalue weighted by Gasteiger charge is 2.25. The van der Waals surface area contributed by atoms with Crippen LogP contribution in [0.3, 0.4) is 0 Å². The number of aromatic carboxylic acids is 1. The zero-order valence-corrected chi connectivity index (χ0v) is 13.6. The maximum atomic E-state index is 12.5. The van der Waals surface area contributed by atoms with Crippen molar-refractivity contribution in [1.29, 1.82) is 0 Å². The largest absolute Gasteiger partial charge is 0.477 e. The molecule has 116 valence electrons. The first kappa shape index (κ1) is 16.0.